The molecule has 1 aromatic rings. The highest BCUT2D eigenvalue weighted by atomic mass is 32.1. The molecule has 1 fully saturated rings. The molecule has 0 bridgehead atoms. The summed E-state index contributed by atoms with van der Waals surface area (Å²) in [6.07, 6.45) is 4.28. The molecule has 1 aliphatic carbocycles. The molecular formula is C13H22N2OS. The van der Waals surface area contributed by atoms with Gasteiger partial charge in [0.2, 0.25) is 0 Å². The van der Waals surface area contributed by atoms with Gasteiger partial charge in [-0.1, -0.05) is 20.8 Å². The van der Waals surface area contributed by atoms with Crippen LogP contribution < -0.4 is 5.32 Å². The Morgan fingerprint density at radius 3 is 2.82 bits per heavy atom. The Bertz CT molecular complexity index is 366. The van der Waals surface area contributed by atoms with Crippen molar-refractivity contribution in [3.05, 3.63) is 16.1 Å². The van der Waals surface area contributed by atoms with Gasteiger partial charge in [0.05, 0.1) is 11.1 Å². The SMILES string of the molecule is CC(C)(C)C(O)CNCc1cnc(C2CC2)s1. The number of hydrogen-bond acceptors (Lipinski definition) is 4. The van der Waals surface area contributed by atoms with Gasteiger partial charge >= 0.3 is 0 Å². The van der Waals surface area contributed by atoms with Gasteiger partial charge in [-0.25, -0.2) is 4.98 Å². The van der Waals surface area contributed by atoms with E-state index in [9.17, 15) is 5.11 Å². The molecule has 2 rings (SSSR count). The predicted molar refractivity (Wildman–Crippen MR) is 71.3 cm³/mol. The average Bonchev–Trinajstić information content (AvgIpc) is 2.98. The molecular weight excluding hydrogens is 232 g/mol. The Hall–Kier alpha value is -0.450. The Balaban J connectivity index is 1.74. The maximum Gasteiger partial charge on any atom is 0.0959 e. The van der Waals surface area contributed by atoms with Crippen molar-refractivity contribution in [1.29, 1.82) is 0 Å². The molecule has 2 N–H and O–H groups in total. The number of nitrogens with zero attached hydrogens (tertiary/aromatic N) is 1. The first-order chi connectivity index (χ1) is 7.97. The summed E-state index contributed by atoms with van der Waals surface area (Å²) >= 11 is 1.81. The Kier molecular flexibility index (Phi) is 3.85. The third-order valence-corrected chi connectivity index (χ3v) is 4.29. The van der Waals surface area contributed by atoms with Crippen molar-refractivity contribution in [1.82, 2.24) is 10.3 Å². The molecule has 1 aliphatic rings. The largest absolute Gasteiger partial charge is 0.391 e. The normalized spacial score (nSPS) is 18.4. The van der Waals surface area contributed by atoms with Crippen molar-refractivity contribution in [3.8, 4) is 0 Å². The monoisotopic (exact) mass is 254 g/mol. The lowest BCUT2D eigenvalue weighted by Gasteiger charge is -2.25. The molecule has 0 spiro atoms. The summed E-state index contributed by atoms with van der Waals surface area (Å²) in [4.78, 5) is 5.71. The molecule has 96 valence electrons. The highest BCUT2D eigenvalue weighted by molar-refractivity contribution is 7.11. The third kappa shape index (κ3) is 3.76. The smallest absolute Gasteiger partial charge is 0.0959 e. The molecule has 1 heterocycles. The number of hydrogen-bond donors (Lipinski definition) is 2. The van der Waals surface area contributed by atoms with Gasteiger partial charge in [0.1, 0.15) is 0 Å². The van der Waals surface area contributed by atoms with E-state index >= 15 is 0 Å². The molecule has 3 nitrogen and oxygen atoms in total. The highest BCUT2D eigenvalue weighted by Crippen LogP contribution is 2.41. The van der Waals surface area contributed by atoms with Gasteiger partial charge in [-0.15, -0.1) is 11.3 Å². The average molecular weight is 254 g/mol. The van der Waals surface area contributed by atoms with Crippen molar-refractivity contribution in [2.75, 3.05) is 6.54 Å². The quantitative estimate of drug-likeness (QED) is 0.848. The zero-order chi connectivity index (χ0) is 12.5. The molecule has 0 amide bonds. The van der Waals surface area contributed by atoms with Crippen LogP contribution >= 0.6 is 11.3 Å². The van der Waals surface area contributed by atoms with Gasteiger partial charge < -0.3 is 10.4 Å². The van der Waals surface area contributed by atoms with E-state index in [4.69, 9.17) is 0 Å². The van der Waals surface area contributed by atoms with Gasteiger partial charge in [0.25, 0.3) is 0 Å². The lowest BCUT2D eigenvalue weighted by atomic mass is 9.89. The van der Waals surface area contributed by atoms with Crippen LogP contribution in [-0.4, -0.2) is 22.7 Å². The topological polar surface area (TPSA) is 45.1 Å². The Morgan fingerprint density at radius 1 is 1.53 bits per heavy atom. The van der Waals surface area contributed by atoms with Crippen molar-refractivity contribution in [2.45, 2.75) is 52.2 Å². The summed E-state index contributed by atoms with van der Waals surface area (Å²) in [5, 5.41) is 14.5. The minimum absolute atomic E-state index is 0.0557. The van der Waals surface area contributed by atoms with Crippen LogP contribution in [0.3, 0.4) is 0 Å². The lowest BCUT2D eigenvalue weighted by molar-refractivity contribution is 0.0628. The minimum Gasteiger partial charge on any atom is -0.391 e. The van der Waals surface area contributed by atoms with Crippen molar-refractivity contribution >= 4 is 11.3 Å². The van der Waals surface area contributed by atoms with Crippen LogP contribution in [0.1, 0.15) is 49.4 Å². The fourth-order valence-corrected chi connectivity index (χ4v) is 2.62. The second-order valence-corrected chi connectivity index (χ2v) is 7.10. The molecule has 17 heavy (non-hydrogen) atoms. The fourth-order valence-electron chi connectivity index (χ4n) is 1.56. The molecule has 1 saturated carbocycles. The van der Waals surface area contributed by atoms with Crippen LogP contribution in [0.15, 0.2) is 6.20 Å². The van der Waals surface area contributed by atoms with Crippen molar-refractivity contribution in [2.24, 2.45) is 5.41 Å². The summed E-state index contributed by atoms with van der Waals surface area (Å²) < 4.78 is 0. The summed E-state index contributed by atoms with van der Waals surface area (Å²) in [6, 6.07) is 0. The number of aliphatic hydroxyl groups is 1. The second kappa shape index (κ2) is 5.04. The molecule has 0 aromatic carbocycles. The van der Waals surface area contributed by atoms with E-state index in [1.807, 2.05) is 17.5 Å². The zero-order valence-corrected chi connectivity index (χ0v) is 11.7. The molecule has 1 aromatic heterocycles. The summed E-state index contributed by atoms with van der Waals surface area (Å²) in [7, 11) is 0. The number of aromatic nitrogens is 1. The first-order valence-corrected chi connectivity index (χ1v) is 7.12. The molecule has 4 heteroatoms. The number of nitrogens with one attached hydrogen (secondary N) is 1. The van der Waals surface area contributed by atoms with Crippen molar-refractivity contribution < 1.29 is 5.11 Å². The van der Waals surface area contributed by atoms with Gasteiger partial charge in [-0.05, 0) is 18.3 Å². The van der Waals surface area contributed by atoms with E-state index in [0.29, 0.717) is 6.54 Å². The third-order valence-electron chi connectivity index (χ3n) is 3.13. The molecule has 0 aliphatic heterocycles. The maximum absolute atomic E-state index is 9.89. The number of thiazole rings is 1. The van der Waals surface area contributed by atoms with Gasteiger partial charge in [-0.3, -0.25) is 0 Å². The van der Waals surface area contributed by atoms with E-state index in [0.717, 1.165) is 12.5 Å². The zero-order valence-electron chi connectivity index (χ0n) is 10.9. The van der Waals surface area contributed by atoms with E-state index in [-0.39, 0.29) is 11.5 Å². The van der Waals surface area contributed by atoms with E-state index < -0.39 is 0 Å². The van der Waals surface area contributed by atoms with Crippen LogP contribution in [-0.2, 0) is 6.54 Å². The minimum atomic E-state index is -0.307. The standard InChI is InChI=1S/C13H22N2OS/c1-13(2,3)11(16)8-14-6-10-7-15-12(17-10)9-4-5-9/h7,9,11,14,16H,4-6,8H2,1-3H3. The summed E-state index contributed by atoms with van der Waals surface area (Å²) in [6.45, 7) is 7.61. The first kappa shape index (κ1) is 13.0. The van der Waals surface area contributed by atoms with Gasteiger partial charge in [0.15, 0.2) is 0 Å². The summed E-state index contributed by atoms with van der Waals surface area (Å²) in [5.74, 6) is 0.744. The molecule has 0 radical (unpaired) electrons. The Labute approximate surface area is 107 Å². The van der Waals surface area contributed by atoms with Crippen LogP contribution in [0.25, 0.3) is 0 Å². The van der Waals surface area contributed by atoms with Crippen LogP contribution in [0.4, 0.5) is 0 Å². The fraction of sp³-hybridized carbons (Fsp3) is 0.769. The molecule has 0 saturated heterocycles. The van der Waals surface area contributed by atoms with E-state index in [1.165, 1.54) is 22.7 Å². The highest BCUT2D eigenvalue weighted by Gasteiger charge is 2.26. The van der Waals surface area contributed by atoms with Gasteiger partial charge in [0, 0.05) is 30.1 Å². The number of aliphatic hydroxyl groups excluding tert-OH is 1. The van der Waals surface area contributed by atoms with Crippen LogP contribution in [0, 0.1) is 5.41 Å². The van der Waals surface area contributed by atoms with Crippen molar-refractivity contribution in [3.63, 3.8) is 0 Å². The van der Waals surface area contributed by atoms with E-state index in [2.05, 4.69) is 31.1 Å². The van der Waals surface area contributed by atoms with Gasteiger partial charge in [-0.2, -0.15) is 0 Å². The number of rotatable bonds is 5. The second-order valence-electron chi connectivity index (χ2n) is 5.95. The molecule has 1 atom stereocenters. The maximum atomic E-state index is 9.89. The first-order valence-electron chi connectivity index (χ1n) is 6.30. The summed E-state index contributed by atoms with van der Waals surface area (Å²) in [5.41, 5.74) is -0.0557. The van der Waals surface area contributed by atoms with Crippen LogP contribution in [0.2, 0.25) is 0 Å². The Morgan fingerprint density at radius 2 is 2.24 bits per heavy atom. The van der Waals surface area contributed by atoms with E-state index in [1.54, 1.807) is 0 Å². The molecule has 1 unspecified atom stereocenters. The predicted octanol–water partition coefficient (Wildman–Crippen LogP) is 2.52. The lowest BCUT2D eigenvalue weighted by Crippen LogP contribution is -2.36. The van der Waals surface area contributed by atoms with Crippen LogP contribution in [0.5, 0.6) is 0 Å².